The molecular weight excluding hydrogens is 222 g/mol. The Morgan fingerprint density at radius 3 is 2.67 bits per heavy atom. The highest BCUT2D eigenvalue weighted by atomic mass is 16.5. The van der Waals surface area contributed by atoms with Crippen LogP contribution in [-0.2, 0) is 4.74 Å². The van der Waals surface area contributed by atoms with E-state index >= 15 is 0 Å². The van der Waals surface area contributed by atoms with Crippen molar-refractivity contribution in [1.29, 1.82) is 0 Å². The van der Waals surface area contributed by atoms with Crippen LogP contribution in [0.4, 0.5) is 0 Å². The number of rotatable bonds is 8. The lowest BCUT2D eigenvalue weighted by Gasteiger charge is -2.38. The largest absolute Gasteiger partial charge is 0.381 e. The molecule has 1 aliphatic carbocycles. The third kappa shape index (κ3) is 5.71. The highest BCUT2D eigenvalue weighted by Crippen LogP contribution is 2.33. The molecule has 108 valence electrons. The van der Waals surface area contributed by atoms with Gasteiger partial charge in [0.15, 0.2) is 0 Å². The van der Waals surface area contributed by atoms with Crippen LogP contribution >= 0.6 is 0 Å². The molecule has 1 saturated carbocycles. The SMILES string of the molecule is CCCOCCCNC1CC(C)CCC1C(C)C. The molecule has 0 amide bonds. The summed E-state index contributed by atoms with van der Waals surface area (Å²) < 4.78 is 5.53. The van der Waals surface area contributed by atoms with Crippen LogP contribution in [-0.4, -0.2) is 25.8 Å². The Morgan fingerprint density at radius 1 is 1.22 bits per heavy atom. The minimum Gasteiger partial charge on any atom is -0.381 e. The molecule has 3 unspecified atom stereocenters. The first-order valence-corrected chi connectivity index (χ1v) is 7.96. The summed E-state index contributed by atoms with van der Waals surface area (Å²) in [5, 5.41) is 3.78. The normalized spacial score (nSPS) is 28.8. The Morgan fingerprint density at radius 2 is 2.00 bits per heavy atom. The summed E-state index contributed by atoms with van der Waals surface area (Å²) >= 11 is 0. The number of nitrogens with one attached hydrogen (secondary N) is 1. The van der Waals surface area contributed by atoms with Gasteiger partial charge in [-0.25, -0.2) is 0 Å². The number of ether oxygens (including phenoxy) is 1. The van der Waals surface area contributed by atoms with Crippen LogP contribution in [0.5, 0.6) is 0 Å². The summed E-state index contributed by atoms with van der Waals surface area (Å²) in [6.07, 6.45) is 6.46. The maximum atomic E-state index is 5.53. The monoisotopic (exact) mass is 255 g/mol. The van der Waals surface area contributed by atoms with Crippen molar-refractivity contribution in [2.24, 2.45) is 17.8 Å². The first-order chi connectivity index (χ1) is 8.65. The minimum atomic E-state index is 0.736. The fraction of sp³-hybridized carbons (Fsp3) is 1.00. The van der Waals surface area contributed by atoms with Gasteiger partial charge in [0.2, 0.25) is 0 Å². The summed E-state index contributed by atoms with van der Waals surface area (Å²) in [6.45, 7) is 12.2. The molecule has 2 nitrogen and oxygen atoms in total. The molecule has 0 spiro atoms. The van der Waals surface area contributed by atoms with E-state index in [1.54, 1.807) is 0 Å². The summed E-state index contributed by atoms with van der Waals surface area (Å²) in [5.74, 6) is 2.58. The van der Waals surface area contributed by atoms with Crippen molar-refractivity contribution in [3.63, 3.8) is 0 Å². The van der Waals surface area contributed by atoms with E-state index in [1.165, 1.54) is 19.3 Å². The van der Waals surface area contributed by atoms with Gasteiger partial charge in [0.1, 0.15) is 0 Å². The maximum absolute atomic E-state index is 5.53. The fourth-order valence-corrected chi connectivity index (χ4v) is 3.15. The zero-order valence-electron chi connectivity index (χ0n) is 12.9. The molecular formula is C16H33NO. The van der Waals surface area contributed by atoms with Gasteiger partial charge in [-0.15, -0.1) is 0 Å². The quantitative estimate of drug-likeness (QED) is 0.665. The first kappa shape index (κ1) is 16.0. The minimum absolute atomic E-state index is 0.736. The van der Waals surface area contributed by atoms with Crippen LogP contribution in [0, 0.1) is 17.8 Å². The van der Waals surface area contributed by atoms with E-state index in [0.29, 0.717) is 0 Å². The third-order valence-electron chi connectivity index (χ3n) is 4.24. The van der Waals surface area contributed by atoms with Gasteiger partial charge in [0.25, 0.3) is 0 Å². The molecule has 0 aliphatic heterocycles. The van der Waals surface area contributed by atoms with Gasteiger partial charge in [0.05, 0.1) is 0 Å². The van der Waals surface area contributed by atoms with E-state index in [1.807, 2.05) is 0 Å². The lowest BCUT2D eigenvalue weighted by atomic mass is 9.74. The molecule has 1 N–H and O–H groups in total. The fourth-order valence-electron chi connectivity index (χ4n) is 3.15. The molecule has 1 rings (SSSR count). The smallest absolute Gasteiger partial charge is 0.0478 e. The summed E-state index contributed by atoms with van der Waals surface area (Å²) in [5.41, 5.74) is 0. The second-order valence-electron chi connectivity index (χ2n) is 6.35. The van der Waals surface area contributed by atoms with Crippen LogP contribution in [0.2, 0.25) is 0 Å². The molecule has 0 saturated heterocycles. The second kappa shape index (κ2) is 8.92. The van der Waals surface area contributed by atoms with Gasteiger partial charge in [-0.1, -0.05) is 34.1 Å². The molecule has 0 radical (unpaired) electrons. The van der Waals surface area contributed by atoms with Crippen molar-refractivity contribution in [2.45, 2.75) is 65.8 Å². The zero-order chi connectivity index (χ0) is 13.4. The molecule has 0 bridgehead atoms. The number of hydrogen-bond donors (Lipinski definition) is 1. The van der Waals surface area contributed by atoms with Crippen LogP contribution in [0.1, 0.15) is 59.8 Å². The van der Waals surface area contributed by atoms with Gasteiger partial charge < -0.3 is 10.1 Å². The molecule has 2 heteroatoms. The molecule has 1 aliphatic rings. The van der Waals surface area contributed by atoms with Crippen molar-refractivity contribution in [1.82, 2.24) is 5.32 Å². The van der Waals surface area contributed by atoms with Crippen LogP contribution < -0.4 is 5.32 Å². The topological polar surface area (TPSA) is 21.3 Å². The average Bonchev–Trinajstić information content (AvgIpc) is 2.33. The predicted octanol–water partition coefficient (Wildman–Crippen LogP) is 3.85. The Bertz CT molecular complexity index is 205. The van der Waals surface area contributed by atoms with Crippen LogP contribution in [0.3, 0.4) is 0 Å². The third-order valence-corrected chi connectivity index (χ3v) is 4.24. The van der Waals surface area contributed by atoms with Crippen LogP contribution in [0.15, 0.2) is 0 Å². The van der Waals surface area contributed by atoms with E-state index in [0.717, 1.165) is 56.4 Å². The van der Waals surface area contributed by atoms with E-state index < -0.39 is 0 Å². The van der Waals surface area contributed by atoms with Gasteiger partial charge in [-0.3, -0.25) is 0 Å². The average molecular weight is 255 g/mol. The highest BCUT2D eigenvalue weighted by Gasteiger charge is 2.29. The number of hydrogen-bond acceptors (Lipinski definition) is 2. The van der Waals surface area contributed by atoms with E-state index in [4.69, 9.17) is 4.74 Å². The van der Waals surface area contributed by atoms with Crippen LogP contribution in [0.25, 0.3) is 0 Å². The maximum Gasteiger partial charge on any atom is 0.0478 e. The van der Waals surface area contributed by atoms with E-state index in [-0.39, 0.29) is 0 Å². The van der Waals surface area contributed by atoms with Crippen molar-refractivity contribution in [2.75, 3.05) is 19.8 Å². The standard InChI is InChI=1S/C16H33NO/c1-5-10-18-11-6-9-17-16-12-14(4)7-8-15(16)13(2)3/h13-17H,5-12H2,1-4H3. The highest BCUT2D eigenvalue weighted by molar-refractivity contribution is 4.85. The molecule has 0 aromatic rings. The molecule has 0 aromatic carbocycles. The molecule has 0 aromatic heterocycles. The lowest BCUT2D eigenvalue weighted by Crippen LogP contribution is -2.43. The molecule has 0 heterocycles. The molecule has 3 atom stereocenters. The summed E-state index contributed by atoms with van der Waals surface area (Å²) in [7, 11) is 0. The summed E-state index contributed by atoms with van der Waals surface area (Å²) in [4.78, 5) is 0. The van der Waals surface area contributed by atoms with Crippen molar-refractivity contribution in [3.8, 4) is 0 Å². The van der Waals surface area contributed by atoms with E-state index in [2.05, 4.69) is 33.0 Å². The van der Waals surface area contributed by atoms with Gasteiger partial charge in [-0.2, -0.15) is 0 Å². The second-order valence-corrected chi connectivity index (χ2v) is 6.35. The van der Waals surface area contributed by atoms with E-state index in [9.17, 15) is 0 Å². The van der Waals surface area contributed by atoms with Gasteiger partial charge in [0, 0.05) is 19.3 Å². The Balaban J connectivity index is 2.20. The zero-order valence-corrected chi connectivity index (χ0v) is 12.9. The van der Waals surface area contributed by atoms with Gasteiger partial charge in [-0.05, 0) is 50.0 Å². The van der Waals surface area contributed by atoms with Crippen molar-refractivity contribution < 1.29 is 4.74 Å². The lowest BCUT2D eigenvalue weighted by molar-refractivity contribution is 0.125. The first-order valence-electron chi connectivity index (χ1n) is 7.96. The molecule has 18 heavy (non-hydrogen) atoms. The van der Waals surface area contributed by atoms with Gasteiger partial charge >= 0.3 is 0 Å². The predicted molar refractivity (Wildman–Crippen MR) is 78.9 cm³/mol. The summed E-state index contributed by atoms with van der Waals surface area (Å²) in [6, 6.07) is 0.736. The Kier molecular flexibility index (Phi) is 7.92. The Labute approximate surface area is 114 Å². The Hall–Kier alpha value is -0.0800. The van der Waals surface area contributed by atoms with Crippen molar-refractivity contribution >= 4 is 0 Å². The van der Waals surface area contributed by atoms with Crippen molar-refractivity contribution in [3.05, 3.63) is 0 Å². The molecule has 1 fully saturated rings.